The molecule has 2 heteroatoms. The predicted octanol–water partition coefficient (Wildman–Crippen LogP) is 4.54. The van der Waals surface area contributed by atoms with Crippen molar-refractivity contribution in [2.45, 2.75) is 25.8 Å². The molecule has 25 heavy (non-hydrogen) atoms. The lowest BCUT2D eigenvalue weighted by Gasteiger charge is -2.09. The molecule has 0 saturated carbocycles. The fraction of sp³-hybridized carbons (Fsp3) is 0.304. The maximum absolute atomic E-state index is 3.55. The lowest BCUT2D eigenvalue weighted by atomic mass is 10.0. The van der Waals surface area contributed by atoms with Crippen molar-refractivity contribution in [3.63, 3.8) is 0 Å². The topological polar surface area (TPSA) is 24.1 Å². The molecule has 0 saturated heterocycles. The summed E-state index contributed by atoms with van der Waals surface area (Å²) in [5.74, 6) is 0. The molecule has 3 aromatic carbocycles. The standard InChI is InChI=1S/C23H28N2/c1-2-9-20(10-3-1)11-6-7-16-24-17-18-25-19-22-14-8-13-21-12-4-5-15-23(21)22/h1-5,8-10,12-15,24-25H,6-7,11,16-19H2. The number of benzene rings is 3. The highest BCUT2D eigenvalue weighted by atomic mass is 14.9. The summed E-state index contributed by atoms with van der Waals surface area (Å²) in [6.45, 7) is 4.05. The number of rotatable bonds is 10. The zero-order valence-corrected chi connectivity index (χ0v) is 14.9. The first-order valence-corrected chi connectivity index (χ1v) is 9.35. The quantitative estimate of drug-likeness (QED) is 0.533. The molecule has 0 fully saturated rings. The third kappa shape index (κ3) is 5.70. The van der Waals surface area contributed by atoms with E-state index in [2.05, 4.69) is 83.4 Å². The van der Waals surface area contributed by atoms with Gasteiger partial charge < -0.3 is 10.6 Å². The average Bonchev–Trinajstić information content (AvgIpc) is 2.67. The molecule has 130 valence electrons. The van der Waals surface area contributed by atoms with Crippen LogP contribution in [-0.4, -0.2) is 19.6 Å². The van der Waals surface area contributed by atoms with Crippen molar-refractivity contribution >= 4 is 10.8 Å². The summed E-state index contributed by atoms with van der Waals surface area (Å²) < 4.78 is 0. The molecule has 0 heterocycles. The molecule has 0 aliphatic rings. The number of unbranched alkanes of at least 4 members (excludes halogenated alkanes) is 1. The van der Waals surface area contributed by atoms with Gasteiger partial charge in [-0.05, 0) is 47.7 Å². The van der Waals surface area contributed by atoms with E-state index in [9.17, 15) is 0 Å². The van der Waals surface area contributed by atoms with Gasteiger partial charge in [-0.15, -0.1) is 0 Å². The highest BCUT2D eigenvalue weighted by Crippen LogP contribution is 2.17. The van der Waals surface area contributed by atoms with Crippen molar-refractivity contribution in [1.82, 2.24) is 10.6 Å². The molecule has 0 radical (unpaired) electrons. The Kier molecular flexibility index (Phi) is 7.04. The molecule has 3 rings (SSSR count). The maximum atomic E-state index is 3.55. The fourth-order valence-corrected chi connectivity index (χ4v) is 3.20. The van der Waals surface area contributed by atoms with Crippen LogP contribution in [0, 0.1) is 0 Å². The molecule has 0 aliphatic carbocycles. The zero-order chi connectivity index (χ0) is 17.2. The summed E-state index contributed by atoms with van der Waals surface area (Å²) in [4.78, 5) is 0. The zero-order valence-electron chi connectivity index (χ0n) is 14.9. The van der Waals surface area contributed by atoms with Gasteiger partial charge in [0.25, 0.3) is 0 Å². The Labute approximate surface area is 151 Å². The molecule has 0 amide bonds. The normalized spacial score (nSPS) is 11.0. The third-order valence-corrected chi connectivity index (χ3v) is 4.59. The second-order valence-electron chi connectivity index (χ2n) is 6.51. The second-order valence-corrected chi connectivity index (χ2v) is 6.51. The molecule has 0 unspecified atom stereocenters. The van der Waals surface area contributed by atoms with Crippen LogP contribution in [0.4, 0.5) is 0 Å². The van der Waals surface area contributed by atoms with E-state index < -0.39 is 0 Å². The minimum absolute atomic E-state index is 0.928. The lowest BCUT2D eigenvalue weighted by Crippen LogP contribution is -2.27. The number of hydrogen-bond donors (Lipinski definition) is 2. The summed E-state index contributed by atoms with van der Waals surface area (Å²) in [7, 11) is 0. The summed E-state index contributed by atoms with van der Waals surface area (Å²) in [6, 6.07) is 25.9. The van der Waals surface area contributed by atoms with Gasteiger partial charge in [0.15, 0.2) is 0 Å². The Morgan fingerprint density at radius 1 is 0.600 bits per heavy atom. The number of aryl methyl sites for hydroxylation is 1. The van der Waals surface area contributed by atoms with Crippen LogP contribution in [0.3, 0.4) is 0 Å². The average molecular weight is 332 g/mol. The largest absolute Gasteiger partial charge is 0.315 e. The SMILES string of the molecule is c1ccc(CCCCNCCNCc2cccc3ccccc23)cc1. The van der Waals surface area contributed by atoms with Gasteiger partial charge in [0.2, 0.25) is 0 Å². The Morgan fingerprint density at radius 2 is 1.36 bits per heavy atom. The first-order chi connectivity index (χ1) is 12.4. The maximum Gasteiger partial charge on any atom is 0.0212 e. The molecule has 2 nitrogen and oxygen atoms in total. The minimum atomic E-state index is 0.928. The molecular weight excluding hydrogens is 304 g/mol. The molecule has 3 aromatic rings. The number of nitrogens with one attached hydrogen (secondary N) is 2. The van der Waals surface area contributed by atoms with Crippen molar-refractivity contribution in [3.8, 4) is 0 Å². The second kappa shape index (κ2) is 9.97. The van der Waals surface area contributed by atoms with Gasteiger partial charge in [0.1, 0.15) is 0 Å². The van der Waals surface area contributed by atoms with Crippen LogP contribution >= 0.6 is 0 Å². The van der Waals surface area contributed by atoms with Crippen molar-refractivity contribution in [3.05, 3.63) is 83.9 Å². The van der Waals surface area contributed by atoms with Crippen molar-refractivity contribution in [2.24, 2.45) is 0 Å². The van der Waals surface area contributed by atoms with Gasteiger partial charge in [0, 0.05) is 19.6 Å². The Bertz CT molecular complexity index is 747. The van der Waals surface area contributed by atoms with Gasteiger partial charge in [-0.25, -0.2) is 0 Å². The van der Waals surface area contributed by atoms with E-state index in [0.717, 1.165) is 26.2 Å². The fourth-order valence-electron chi connectivity index (χ4n) is 3.20. The lowest BCUT2D eigenvalue weighted by molar-refractivity contribution is 0.585. The highest BCUT2D eigenvalue weighted by molar-refractivity contribution is 5.85. The van der Waals surface area contributed by atoms with E-state index in [1.54, 1.807) is 0 Å². The van der Waals surface area contributed by atoms with Crippen LogP contribution in [0.25, 0.3) is 10.8 Å². The first kappa shape index (κ1) is 17.7. The van der Waals surface area contributed by atoms with Crippen LogP contribution in [-0.2, 0) is 13.0 Å². The van der Waals surface area contributed by atoms with Crippen LogP contribution in [0.1, 0.15) is 24.0 Å². The minimum Gasteiger partial charge on any atom is -0.315 e. The van der Waals surface area contributed by atoms with Crippen molar-refractivity contribution in [1.29, 1.82) is 0 Å². The van der Waals surface area contributed by atoms with E-state index in [4.69, 9.17) is 0 Å². The number of hydrogen-bond acceptors (Lipinski definition) is 2. The Balaban J connectivity index is 1.26. The molecular formula is C23H28N2. The first-order valence-electron chi connectivity index (χ1n) is 9.35. The highest BCUT2D eigenvalue weighted by Gasteiger charge is 1.99. The van der Waals surface area contributed by atoms with Crippen LogP contribution in [0.2, 0.25) is 0 Å². The molecule has 2 N–H and O–H groups in total. The number of fused-ring (bicyclic) bond motifs is 1. The summed E-state index contributed by atoms with van der Waals surface area (Å²) in [5.41, 5.74) is 2.82. The summed E-state index contributed by atoms with van der Waals surface area (Å²) in [5, 5.41) is 9.75. The van der Waals surface area contributed by atoms with Crippen molar-refractivity contribution < 1.29 is 0 Å². The molecule has 0 bridgehead atoms. The molecule has 0 atom stereocenters. The monoisotopic (exact) mass is 332 g/mol. The van der Waals surface area contributed by atoms with Gasteiger partial charge in [-0.1, -0.05) is 72.8 Å². The smallest absolute Gasteiger partial charge is 0.0212 e. The van der Waals surface area contributed by atoms with Gasteiger partial charge in [-0.3, -0.25) is 0 Å². The van der Waals surface area contributed by atoms with Gasteiger partial charge >= 0.3 is 0 Å². The van der Waals surface area contributed by atoms with Gasteiger partial charge in [-0.2, -0.15) is 0 Å². The Hall–Kier alpha value is -2.16. The Morgan fingerprint density at radius 3 is 2.28 bits per heavy atom. The van der Waals surface area contributed by atoms with E-state index in [-0.39, 0.29) is 0 Å². The summed E-state index contributed by atoms with van der Waals surface area (Å²) >= 11 is 0. The van der Waals surface area contributed by atoms with Crippen molar-refractivity contribution in [2.75, 3.05) is 19.6 Å². The summed E-state index contributed by atoms with van der Waals surface area (Å²) in [6.07, 6.45) is 3.67. The van der Waals surface area contributed by atoms with E-state index >= 15 is 0 Å². The van der Waals surface area contributed by atoms with Gasteiger partial charge in [0.05, 0.1) is 0 Å². The molecule has 0 aromatic heterocycles. The molecule has 0 spiro atoms. The van der Waals surface area contributed by atoms with Crippen LogP contribution in [0.5, 0.6) is 0 Å². The van der Waals surface area contributed by atoms with Crippen LogP contribution in [0.15, 0.2) is 72.8 Å². The predicted molar refractivity (Wildman–Crippen MR) is 108 cm³/mol. The van der Waals surface area contributed by atoms with E-state index in [0.29, 0.717) is 0 Å². The van der Waals surface area contributed by atoms with Crippen LogP contribution < -0.4 is 10.6 Å². The van der Waals surface area contributed by atoms with E-state index in [1.807, 2.05) is 0 Å². The third-order valence-electron chi connectivity index (χ3n) is 4.59. The van der Waals surface area contributed by atoms with E-state index in [1.165, 1.54) is 41.2 Å². The molecule has 0 aliphatic heterocycles.